The lowest BCUT2D eigenvalue weighted by molar-refractivity contribution is 0.0289. The number of hydrogen-bond donors (Lipinski definition) is 2. The molecule has 0 bridgehead atoms. The first kappa shape index (κ1) is 13.3. The fourth-order valence-corrected chi connectivity index (χ4v) is 1.35. The van der Waals surface area contributed by atoms with Crippen molar-refractivity contribution >= 4 is 6.09 Å². The molecule has 0 aromatic carbocycles. The van der Waals surface area contributed by atoms with Crippen molar-refractivity contribution in [2.24, 2.45) is 0 Å². The highest BCUT2D eigenvalue weighted by Crippen LogP contribution is 2.13. The summed E-state index contributed by atoms with van der Waals surface area (Å²) >= 11 is 0. The van der Waals surface area contributed by atoms with Gasteiger partial charge in [0.15, 0.2) is 0 Å². The Morgan fingerprint density at radius 2 is 2.06 bits per heavy atom. The van der Waals surface area contributed by atoms with E-state index in [2.05, 4.69) is 10.9 Å². The average Bonchev–Trinajstić information content (AvgIpc) is 2.27. The van der Waals surface area contributed by atoms with Gasteiger partial charge >= 0.3 is 6.09 Å². The van der Waals surface area contributed by atoms with E-state index in [9.17, 15) is 4.79 Å². The second-order valence-electron chi connectivity index (χ2n) is 4.66. The second kappa shape index (κ2) is 6.06. The van der Waals surface area contributed by atoms with Crippen LogP contribution in [0.4, 0.5) is 4.79 Å². The predicted molar refractivity (Wildman–Crippen MR) is 61.0 cm³/mol. The summed E-state index contributed by atoms with van der Waals surface area (Å²) in [5.74, 6) is 0. The lowest BCUT2D eigenvalue weighted by Gasteiger charge is -2.26. The minimum Gasteiger partial charge on any atom is -0.443 e. The lowest BCUT2D eigenvalue weighted by atomic mass is 10.1. The van der Waals surface area contributed by atoms with Gasteiger partial charge in [0.25, 0.3) is 0 Å². The van der Waals surface area contributed by atoms with Gasteiger partial charge in [-0.25, -0.2) is 10.2 Å². The lowest BCUT2D eigenvalue weighted by Crippen LogP contribution is -2.48. The summed E-state index contributed by atoms with van der Waals surface area (Å²) < 4.78 is 10.5. The van der Waals surface area contributed by atoms with Crippen molar-refractivity contribution in [3.05, 3.63) is 0 Å². The molecule has 1 rings (SSSR count). The van der Waals surface area contributed by atoms with Gasteiger partial charge in [-0.2, -0.15) is 0 Å². The highest BCUT2D eigenvalue weighted by Gasteiger charge is 2.21. The molecule has 94 valence electrons. The Labute approximate surface area is 96.8 Å². The largest absolute Gasteiger partial charge is 0.443 e. The van der Waals surface area contributed by atoms with E-state index in [1.54, 1.807) is 0 Å². The fraction of sp³-hybridized carbons (Fsp3) is 0.909. The highest BCUT2D eigenvalue weighted by atomic mass is 16.6. The molecular weight excluding hydrogens is 208 g/mol. The molecule has 5 nitrogen and oxygen atoms in total. The minimum absolute atomic E-state index is 0.283. The molecule has 0 unspecified atom stereocenters. The summed E-state index contributed by atoms with van der Waals surface area (Å²) in [6.45, 7) is 7.25. The average molecular weight is 230 g/mol. The molecule has 0 aromatic heterocycles. The molecule has 0 aliphatic carbocycles. The van der Waals surface area contributed by atoms with E-state index in [1.807, 2.05) is 20.8 Å². The predicted octanol–water partition coefficient (Wildman–Crippen LogP) is 1.58. The minimum atomic E-state index is -0.418. The van der Waals surface area contributed by atoms with Crippen LogP contribution in [0.3, 0.4) is 0 Å². The van der Waals surface area contributed by atoms with E-state index in [4.69, 9.17) is 9.47 Å². The van der Waals surface area contributed by atoms with E-state index in [1.165, 1.54) is 0 Å². The summed E-state index contributed by atoms with van der Waals surface area (Å²) in [5, 5.41) is 0. The van der Waals surface area contributed by atoms with Gasteiger partial charge in [-0.3, -0.25) is 5.43 Å². The SMILES string of the molecule is CCC(C)(C)OC(=O)NNC1CCOCC1. The molecule has 0 saturated carbocycles. The number of carbonyl (C=O) groups excluding carboxylic acids is 1. The third-order valence-electron chi connectivity index (χ3n) is 2.82. The molecule has 1 saturated heterocycles. The number of nitrogens with one attached hydrogen (secondary N) is 2. The molecule has 1 aliphatic heterocycles. The highest BCUT2D eigenvalue weighted by molar-refractivity contribution is 5.67. The van der Waals surface area contributed by atoms with Crippen LogP contribution in [0, 0.1) is 0 Å². The van der Waals surface area contributed by atoms with Gasteiger partial charge in [0.2, 0.25) is 0 Å². The van der Waals surface area contributed by atoms with E-state index in [0.29, 0.717) is 0 Å². The van der Waals surface area contributed by atoms with Gasteiger partial charge in [-0.05, 0) is 33.1 Å². The normalized spacial score (nSPS) is 18.2. The number of hydrazine groups is 1. The van der Waals surface area contributed by atoms with Crippen LogP contribution in [0.25, 0.3) is 0 Å². The van der Waals surface area contributed by atoms with Crippen LogP contribution >= 0.6 is 0 Å². The molecule has 1 fully saturated rings. The molecule has 1 amide bonds. The third-order valence-corrected chi connectivity index (χ3v) is 2.82. The molecule has 0 atom stereocenters. The first-order valence-electron chi connectivity index (χ1n) is 5.86. The molecule has 1 heterocycles. The van der Waals surface area contributed by atoms with Crippen LogP contribution in [-0.4, -0.2) is 30.9 Å². The Morgan fingerprint density at radius 1 is 1.44 bits per heavy atom. The molecule has 0 spiro atoms. The molecule has 2 N–H and O–H groups in total. The maximum atomic E-state index is 11.4. The van der Waals surface area contributed by atoms with E-state index in [-0.39, 0.29) is 6.04 Å². The van der Waals surface area contributed by atoms with Crippen LogP contribution in [0.15, 0.2) is 0 Å². The topological polar surface area (TPSA) is 59.6 Å². The first-order valence-corrected chi connectivity index (χ1v) is 5.86. The maximum Gasteiger partial charge on any atom is 0.422 e. The van der Waals surface area contributed by atoms with Crippen molar-refractivity contribution in [2.75, 3.05) is 13.2 Å². The van der Waals surface area contributed by atoms with Gasteiger partial charge in [-0.15, -0.1) is 0 Å². The van der Waals surface area contributed by atoms with Crippen LogP contribution in [0.1, 0.15) is 40.0 Å². The zero-order chi connectivity index (χ0) is 12.0. The zero-order valence-corrected chi connectivity index (χ0v) is 10.3. The monoisotopic (exact) mass is 230 g/mol. The molecule has 0 radical (unpaired) electrons. The fourth-order valence-electron chi connectivity index (χ4n) is 1.35. The Kier molecular flexibility index (Phi) is 5.02. The van der Waals surface area contributed by atoms with Crippen LogP contribution < -0.4 is 10.9 Å². The second-order valence-corrected chi connectivity index (χ2v) is 4.66. The summed E-state index contributed by atoms with van der Waals surface area (Å²) in [6.07, 6.45) is 2.20. The number of hydrogen-bond acceptors (Lipinski definition) is 4. The summed E-state index contributed by atoms with van der Waals surface area (Å²) in [6, 6.07) is 0.283. The molecule has 5 heteroatoms. The van der Waals surface area contributed by atoms with Crippen LogP contribution in [0.5, 0.6) is 0 Å². The molecule has 0 aromatic rings. The standard InChI is InChI=1S/C11H22N2O3/c1-4-11(2,3)16-10(14)13-12-9-5-7-15-8-6-9/h9,12H,4-8H2,1-3H3,(H,13,14). The summed E-state index contributed by atoms with van der Waals surface area (Å²) in [7, 11) is 0. The smallest absolute Gasteiger partial charge is 0.422 e. The Morgan fingerprint density at radius 3 is 2.62 bits per heavy atom. The molecule has 1 aliphatic rings. The quantitative estimate of drug-likeness (QED) is 0.720. The van der Waals surface area contributed by atoms with Crippen molar-refractivity contribution in [1.29, 1.82) is 0 Å². The number of carbonyl (C=O) groups is 1. The van der Waals surface area contributed by atoms with Crippen molar-refractivity contribution in [1.82, 2.24) is 10.9 Å². The van der Waals surface area contributed by atoms with Gasteiger partial charge in [0.1, 0.15) is 5.60 Å². The maximum absolute atomic E-state index is 11.4. The van der Waals surface area contributed by atoms with Crippen molar-refractivity contribution < 1.29 is 14.3 Å². The van der Waals surface area contributed by atoms with Crippen molar-refractivity contribution in [3.63, 3.8) is 0 Å². The van der Waals surface area contributed by atoms with Gasteiger partial charge in [0, 0.05) is 19.3 Å². The van der Waals surface area contributed by atoms with Gasteiger partial charge < -0.3 is 9.47 Å². The third kappa shape index (κ3) is 4.81. The van der Waals surface area contributed by atoms with E-state index < -0.39 is 11.7 Å². The van der Waals surface area contributed by atoms with E-state index >= 15 is 0 Å². The van der Waals surface area contributed by atoms with Crippen LogP contribution in [-0.2, 0) is 9.47 Å². The van der Waals surface area contributed by atoms with E-state index in [0.717, 1.165) is 32.5 Å². The molecular formula is C11H22N2O3. The summed E-state index contributed by atoms with van der Waals surface area (Å²) in [4.78, 5) is 11.4. The Balaban J connectivity index is 2.19. The van der Waals surface area contributed by atoms with Crippen LogP contribution in [0.2, 0.25) is 0 Å². The Hall–Kier alpha value is -0.810. The van der Waals surface area contributed by atoms with Gasteiger partial charge in [-0.1, -0.05) is 6.92 Å². The number of rotatable bonds is 4. The first-order chi connectivity index (χ1) is 7.53. The van der Waals surface area contributed by atoms with Gasteiger partial charge in [0.05, 0.1) is 0 Å². The number of amides is 1. The van der Waals surface area contributed by atoms with Crippen molar-refractivity contribution in [3.8, 4) is 0 Å². The van der Waals surface area contributed by atoms with Crippen molar-refractivity contribution in [2.45, 2.75) is 51.7 Å². The molecule has 16 heavy (non-hydrogen) atoms. The summed E-state index contributed by atoms with van der Waals surface area (Å²) in [5.41, 5.74) is 5.12. The number of ether oxygens (including phenoxy) is 2. The Bertz CT molecular complexity index is 225. The zero-order valence-electron chi connectivity index (χ0n) is 10.3.